The van der Waals surface area contributed by atoms with Crippen molar-refractivity contribution >= 4 is 46.8 Å². The van der Waals surface area contributed by atoms with Crippen LogP contribution in [0.25, 0.3) is 0 Å². The molecule has 0 aliphatic rings. The Morgan fingerprint density at radius 3 is 2.54 bits per heavy atom. The number of benzene rings is 2. The van der Waals surface area contributed by atoms with Gasteiger partial charge in [-0.3, -0.25) is 14.4 Å². The Hall–Kier alpha value is -2.58. The molecule has 0 unspecified atom stereocenters. The van der Waals surface area contributed by atoms with Gasteiger partial charge in [0.25, 0.3) is 5.91 Å². The van der Waals surface area contributed by atoms with E-state index in [9.17, 15) is 18.8 Å². The summed E-state index contributed by atoms with van der Waals surface area (Å²) in [5.74, 6) is -1.35. The monoisotopic (exact) mass is 424 g/mol. The van der Waals surface area contributed by atoms with Crippen LogP contribution in [0.4, 0.5) is 10.1 Å². The fraction of sp³-hybridized carbons (Fsp3) is 0.211. The molecule has 6 nitrogen and oxygen atoms in total. The highest BCUT2D eigenvalue weighted by atomic mass is 35.5. The first-order chi connectivity index (χ1) is 13.4. The van der Waals surface area contributed by atoms with E-state index >= 15 is 0 Å². The molecule has 0 saturated carbocycles. The molecular formula is C19H18ClFN2O4S. The number of hydrogen-bond donors (Lipinski definition) is 2. The molecule has 0 spiro atoms. The average Bonchev–Trinajstić information content (AvgIpc) is 2.66. The number of anilines is 1. The predicted octanol–water partition coefficient (Wildman–Crippen LogP) is 3.01. The lowest BCUT2D eigenvalue weighted by molar-refractivity contribution is -0.146. The van der Waals surface area contributed by atoms with Gasteiger partial charge in [0.2, 0.25) is 5.91 Å². The summed E-state index contributed by atoms with van der Waals surface area (Å²) < 4.78 is 17.6. The van der Waals surface area contributed by atoms with Gasteiger partial charge >= 0.3 is 5.97 Å². The number of esters is 1. The molecule has 2 N–H and O–H groups in total. The number of ether oxygens (including phenoxy) is 1. The van der Waals surface area contributed by atoms with E-state index in [1.54, 1.807) is 6.07 Å². The number of carbonyl (C=O) groups excluding carboxylic acids is 3. The fourth-order valence-electron chi connectivity index (χ4n) is 2.03. The van der Waals surface area contributed by atoms with Crippen molar-refractivity contribution in [2.75, 3.05) is 24.2 Å². The summed E-state index contributed by atoms with van der Waals surface area (Å²) in [6.07, 6.45) is 0. The van der Waals surface area contributed by atoms with Gasteiger partial charge in [-0.05, 0) is 42.0 Å². The Labute approximate surface area is 170 Å². The molecule has 9 heteroatoms. The largest absolute Gasteiger partial charge is 0.455 e. The van der Waals surface area contributed by atoms with Gasteiger partial charge in [0.15, 0.2) is 6.61 Å². The number of nitrogens with one attached hydrogen (secondary N) is 2. The van der Waals surface area contributed by atoms with E-state index in [0.29, 0.717) is 16.5 Å². The van der Waals surface area contributed by atoms with Crippen molar-refractivity contribution in [2.24, 2.45) is 0 Å². The van der Waals surface area contributed by atoms with Crippen molar-refractivity contribution in [3.63, 3.8) is 0 Å². The number of thioether (sulfide) groups is 1. The van der Waals surface area contributed by atoms with E-state index < -0.39 is 30.2 Å². The lowest BCUT2D eigenvalue weighted by Crippen LogP contribution is -2.35. The van der Waals surface area contributed by atoms with Crippen LogP contribution in [0, 0.1) is 5.82 Å². The summed E-state index contributed by atoms with van der Waals surface area (Å²) in [6, 6.07) is 12.5. The number of halogens is 2. The van der Waals surface area contributed by atoms with Gasteiger partial charge in [0.05, 0.1) is 12.3 Å². The summed E-state index contributed by atoms with van der Waals surface area (Å²) in [5, 5.41) is 5.46. The number of amides is 2. The van der Waals surface area contributed by atoms with E-state index in [1.807, 2.05) is 18.2 Å². The smallest absolute Gasteiger partial charge is 0.316 e. The molecule has 148 valence electrons. The highest BCUT2D eigenvalue weighted by Crippen LogP contribution is 2.16. The highest BCUT2D eigenvalue weighted by Gasteiger charge is 2.10. The quantitative estimate of drug-likeness (QED) is 0.604. The summed E-state index contributed by atoms with van der Waals surface area (Å²) >= 11 is 7.23. The van der Waals surface area contributed by atoms with Crippen molar-refractivity contribution in [1.29, 1.82) is 0 Å². The number of rotatable bonds is 9. The molecule has 0 fully saturated rings. The van der Waals surface area contributed by atoms with E-state index in [2.05, 4.69) is 10.6 Å². The Morgan fingerprint density at radius 2 is 1.82 bits per heavy atom. The van der Waals surface area contributed by atoms with E-state index in [0.717, 1.165) is 5.56 Å². The van der Waals surface area contributed by atoms with Crippen LogP contribution in [0.5, 0.6) is 0 Å². The third-order valence-electron chi connectivity index (χ3n) is 3.32. The molecule has 0 bridgehead atoms. The molecule has 0 atom stereocenters. The zero-order valence-corrected chi connectivity index (χ0v) is 16.3. The van der Waals surface area contributed by atoms with Crippen LogP contribution in [0.1, 0.15) is 5.56 Å². The summed E-state index contributed by atoms with van der Waals surface area (Å²) in [6.45, 7) is -0.766. The summed E-state index contributed by atoms with van der Waals surface area (Å²) in [7, 11) is 0. The highest BCUT2D eigenvalue weighted by molar-refractivity contribution is 7.99. The molecule has 2 amide bonds. The molecule has 0 aromatic heterocycles. The lowest BCUT2D eigenvalue weighted by Gasteiger charge is -2.08. The van der Waals surface area contributed by atoms with Crippen LogP contribution in [0.15, 0.2) is 48.5 Å². The normalized spacial score (nSPS) is 10.2. The first kappa shape index (κ1) is 21.7. The molecule has 0 aliphatic carbocycles. The lowest BCUT2D eigenvalue weighted by atomic mass is 10.2. The minimum Gasteiger partial charge on any atom is -0.455 e. The second-order valence-corrected chi connectivity index (χ2v) is 7.04. The van der Waals surface area contributed by atoms with Gasteiger partial charge in [-0.1, -0.05) is 23.7 Å². The van der Waals surface area contributed by atoms with Crippen molar-refractivity contribution in [3.05, 3.63) is 64.9 Å². The maximum Gasteiger partial charge on any atom is 0.316 e. The first-order valence-corrected chi connectivity index (χ1v) is 9.75. The standard InChI is InChI=1S/C19H18ClFN2O4S/c20-14-3-1-2-13(8-14)11-28-12-19(26)27-10-18(25)22-9-17(24)23-16-6-4-15(21)5-7-16/h1-8H,9-12H2,(H,22,25)(H,23,24). The molecule has 0 radical (unpaired) electrons. The van der Waals surface area contributed by atoms with Gasteiger partial charge in [0, 0.05) is 16.5 Å². The molecule has 0 aliphatic heterocycles. The van der Waals surface area contributed by atoms with Crippen LogP contribution >= 0.6 is 23.4 Å². The second-order valence-electron chi connectivity index (χ2n) is 5.62. The van der Waals surface area contributed by atoms with Gasteiger partial charge in [-0.15, -0.1) is 11.8 Å². The van der Waals surface area contributed by atoms with Crippen LogP contribution in [-0.4, -0.2) is 36.7 Å². The van der Waals surface area contributed by atoms with Crippen molar-refractivity contribution in [2.45, 2.75) is 5.75 Å². The third kappa shape index (κ3) is 8.41. The molecular weight excluding hydrogens is 407 g/mol. The van der Waals surface area contributed by atoms with Crippen molar-refractivity contribution in [1.82, 2.24) is 5.32 Å². The Bertz CT molecular complexity index is 833. The van der Waals surface area contributed by atoms with Crippen LogP contribution < -0.4 is 10.6 Å². The van der Waals surface area contributed by atoms with Crippen molar-refractivity contribution in [3.8, 4) is 0 Å². The second kappa shape index (κ2) is 11.3. The summed E-state index contributed by atoms with van der Waals surface area (Å²) in [5.41, 5.74) is 1.39. The van der Waals surface area contributed by atoms with Crippen LogP contribution in [0.2, 0.25) is 5.02 Å². The molecule has 2 aromatic carbocycles. The molecule has 2 aromatic rings. The molecule has 0 saturated heterocycles. The van der Waals surface area contributed by atoms with E-state index in [1.165, 1.54) is 36.0 Å². The predicted molar refractivity (Wildman–Crippen MR) is 107 cm³/mol. The van der Waals surface area contributed by atoms with Crippen LogP contribution in [-0.2, 0) is 24.9 Å². The Kier molecular flexibility index (Phi) is 8.77. The zero-order chi connectivity index (χ0) is 20.4. The molecule has 0 heterocycles. The SMILES string of the molecule is O=C(COC(=O)CSCc1cccc(Cl)c1)NCC(=O)Nc1ccc(F)cc1. The molecule has 2 rings (SSSR count). The van der Waals surface area contributed by atoms with Gasteiger partial charge in [-0.25, -0.2) is 4.39 Å². The average molecular weight is 425 g/mol. The minimum atomic E-state index is -0.595. The minimum absolute atomic E-state index is 0.0881. The number of carbonyl (C=O) groups is 3. The first-order valence-electron chi connectivity index (χ1n) is 8.22. The zero-order valence-electron chi connectivity index (χ0n) is 14.7. The fourth-order valence-corrected chi connectivity index (χ4v) is 3.02. The molecule has 28 heavy (non-hydrogen) atoms. The Morgan fingerprint density at radius 1 is 1.07 bits per heavy atom. The van der Waals surface area contributed by atoms with Gasteiger partial charge < -0.3 is 15.4 Å². The van der Waals surface area contributed by atoms with E-state index in [4.69, 9.17) is 16.3 Å². The third-order valence-corrected chi connectivity index (χ3v) is 4.53. The van der Waals surface area contributed by atoms with Crippen molar-refractivity contribution < 1.29 is 23.5 Å². The maximum absolute atomic E-state index is 12.8. The van der Waals surface area contributed by atoms with E-state index in [-0.39, 0.29) is 12.3 Å². The van der Waals surface area contributed by atoms with Gasteiger partial charge in [-0.2, -0.15) is 0 Å². The van der Waals surface area contributed by atoms with Gasteiger partial charge in [0.1, 0.15) is 5.82 Å². The Balaban J connectivity index is 1.58. The number of hydrogen-bond acceptors (Lipinski definition) is 5. The topological polar surface area (TPSA) is 84.5 Å². The van der Waals surface area contributed by atoms with Crippen LogP contribution in [0.3, 0.4) is 0 Å². The maximum atomic E-state index is 12.8. The summed E-state index contributed by atoms with van der Waals surface area (Å²) in [4.78, 5) is 35.0.